The number of carbonyl (C=O) groups excluding carboxylic acids is 2. The van der Waals surface area contributed by atoms with Gasteiger partial charge in [0.1, 0.15) is 5.75 Å². The van der Waals surface area contributed by atoms with E-state index in [2.05, 4.69) is 5.32 Å². The summed E-state index contributed by atoms with van der Waals surface area (Å²) in [5, 5.41) is 2.65. The summed E-state index contributed by atoms with van der Waals surface area (Å²) in [6.45, 7) is 14.0. The van der Waals surface area contributed by atoms with Crippen molar-refractivity contribution < 1.29 is 27.5 Å². The van der Waals surface area contributed by atoms with E-state index in [9.17, 15) is 22.8 Å². The lowest BCUT2D eigenvalue weighted by Crippen LogP contribution is -2.45. The first kappa shape index (κ1) is 32.1. The van der Waals surface area contributed by atoms with Crippen molar-refractivity contribution in [2.45, 2.75) is 60.7 Å². The number of amides is 2. The summed E-state index contributed by atoms with van der Waals surface area (Å²) in [7, 11) is 3.55. The SMILES string of the molecule is Cc1cccc(C)c1N(C)C(=O)C(C)C(CN(C)CC(C)C)C(=O)Nc1cc(OC(C)C)cc(C(F)(F)F)c1. The van der Waals surface area contributed by atoms with E-state index in [0.29, 0.717) is 12.5 Å². The summed E-state index contributed by atoms with van der Waals surface area (Å²) in [6.07, 6.45) is -4.98. The van der Waals surface area contributed by atoms with Crippen LogP contribution in [0.15, 0.2) is 36.4 Å². The van der Waals surface area contributed by atoms with E-state index in [1.165, 1.54) is 6.07 Å². The molecule has 0 aliphatic rings. The van der Waals surface area contributed by atoms with E-state index < -0.39 is 29.5 Å². The maximum Gasteiger partial charge on any atom is 0.416 e. The smallest absolute Gasteiger partial charge is 0.416 e. The van der Waals surface area contributed by atoms with Crippen LogP contribution in [0.1, 0.15) is 51.3 Å². The van der Waals surface area contributed by atoms with Crippen LogP contribution in [0.3, 0.4) is 0 Å². The number of nitrogens with zero attached hydrogens (tertiary/aromatic N) is 2. The Balaban J connectivity index is 2.43. The van der Waals surface area contributed by atoms with Gasteiger partial charge in [0.2, 0.25) is 11.8 Å². The van der Waals surface area contributed by atoms with Gasteiger partial charge in [-0.05, 0) is 63.9 Å². The van der Waals surface area contributed by atoms with Gasteiger partial charge >= 0.3 is 6.18 Å². The van der Waals surface area contributed by atoms with E-state index in [4.69, 9.17) is 4.74 Å². The van der Waals surface area contributed by atoms with Crippen molar-refractivity contribution in [1.29, 1.82) is 0 Å². The van der Waals surface area contributed by atoms with Gasteiger partial charge in [-0.25, -0.2) is 0 Å². The largest absolute Gasteiger partial charge is 0.491 e. The van der Waals surface area contributed by atoms with Gasteiger partial charge in [-0.3, -0.25) is 9.59 Å². The third kappa shape index (κ3) is 8.98. The number of rotatable bonds is 11. The lowest BCUT2D eigenvalue weighted by molar-refractivity contribution is -0.137. The first-order valence-corrected chi connectivity index (χ1v) is 13.2. The number of anilines is 2. The summed E-state index contributed by atoms with van der Waals surface area (Å²) in [5.41, 5.74) is 1.67. The van der Waals surface area contributed by atoms with E-state index in [1.54, 1.807) is 32.7 Å². The van der Waals surface area contributed by atoms with E-state index in [0.717, 1.165) is 28.9 Å². The summed E-state index contributed by atoms with van der Waals surface area (Å²) < 4.78 is 46.3. The van der Waals surface area contributed by atoms with Crippen LogP contribution in [0.4, 0.5) is 24.5 Å². The van der Waals surface area contributed by atoms with Crippen molar-refractivity contribution in [2.75, 3.05) is 37.4 Å². The minimum atomic E-state index is -4.62. The maximum atomic E-state index is 13.7. The first-order chi connectivity index (χ1) is 18.0. The highest BCUT2D eigenvalue weighted by Gasteiger charge is 2.35. The molecule has 0 spiro atoms. The minimum absolute atomic E-state index is 0.00230. The van der Waals surface area contributed by atoms with Crippen molar-refractivity contribution in [1.82, 2.24) is 4.90 Å². The Kier molecular flexibility index (Phi) is 11.0. The van der Waals surface area contributed by atoms with Crippen molar-refractivity contribution in [3.8, 4) is 5.75 Å². The minimum Gasteiger partial charge on any atom is -0.491 e. The third-order valence-electron chi connectivity index (χ3n) is 6.49. The summed E-state index contributed by atoms with van der Waals surface area (Å²) in [4.78, 5) is 30.8. The molecule has 2 atom stereocenters. The Morgan fingerprint density at radius 3 is 2.05 bits per heavy atom. The number of nitrogens with one attached hydrogen (secondary N) is 1. The monoisotopic (exact) mass is 549 g/mol. The maximum absolute atomic E-state index is 13.7. The molecule has 0 bridgehead atoms. The highest BCUT2D eigenvalue weighted by molar-refractivity contribution is 6.01. The normalized spacial score (nSPS) is 13.5. The van der Waals surface area contributed by atoms with E-state index in [1.807, 2.05) is 57.8 Å². The van der Waals surface area contributed by atoms with Crippen LogP contribution in [0.5, 0.6) is 5.75 Å². The molecule has 2 rings (SSSR count). The lowest BCUT2D eigenvalue weighted by atomic mass is 9.90. The standard InChI is InChI=1S/C30H42F3N3O3/c1-18(2)16-35(8)17-26(22(7)29(38)36(9)27-20(5)11-10-12-21(27)6)28(37)34-24-13-23(30(31,32)33)14-25(15-24)39-19(3)4/h10-15,18-19,22,26H,16-17H2,1-9H3,(H,34,37). The molecule has 0 aliphatic carbocycles. The fraction of sp³-hybridized carbons (Fsp3) is 0.533. The van der Waals surface area contributed by atoms with Gasteiger partial charge in [-0.1, -0.05) is 39.0 Å². The predicted molar refractivity (Wildman–Crippen MR) is 150 cm³/mol. The first-order valence-electron chi connectivity index (χ1n) is 13.2. The predicted octanol–water partition coefficient (Wildman–Crippen LogP) is 6.55. The van der Waals surface area contributed by atoms with Crippen molar-refractivity contribution in [3.63, 3.8) is 0 Å². The zero-order valence-electron chi connectivity index (χ0n) is 24.4. The molecule has 216 valence electrons. The average Bonchev–Trinajstić information content (AvgIpc) is 2.79. The average molecular weight is 550 g/mol. The van der Waals surface area contributed by atoms with Gasteiger partial charge in [0.15, 0.2) is 0 Å². The van der Waals surface area contributed by atoms with Crippen molar-refractivity contribution >= 4 is 23.2 Å². The summed E-state index contributed by atoms with van der Waals surface area (Å²) in [5.74, 6) is -2.03. The van der Waals surface area contributed by atoms with Gasteiger partial charge in [0.05, 0.1) is 17.6 Å². The fourth-order valence-corrected chi connectivity index (χ4v) is 4.83. The molecule has 6 nitrogen and oxygen atoms in total. The number of halogens is 3. The van der Waals surface area contributed by atoms with Gasteiger partial charge in [-0.15, -0.1) is 0 Å². The van der Waals surface area contributed by atoms with Gasteiger partial charge in [0.25, 0.3) is 0 Å². The number of alkyl halides is 3. The molecule has 2 amide bonds. The number of benzene rings is 2. The molecule has 2 unspecified atom stereocenters. The molecule has 0 saturated heterocycles. The number of hydrogen-bond donors (Lipinski definition) is 1. The molecule has 39 heavy (non-hydrogen) atoms. The molecule has 0 aromatic heterocycles. The highest BCUT2D eigenvalue weighted by atomic mass is 19.4. The second-order valence-corrected chi connectivity index (χ2v) is 11.0. The van der Waals surface area contributed by atoms with Gasteiger partial charge < -0.3 is 19.9 Å². The number of hydrogen-bond acceptors (Lipinski definition) is 4. The van der Waals surface area contributed by atoms with Crippen molar-refractivity contribution in [3.05, 3.63) is 53.1 Å². The molecule has 0 radical (unpaired) electrons. The quantitative estimate of drug-likeness (QED) is 0.345. The second-order valence-electron chi connectivity index (χ2n) is 11.0. The van der Waals surface area contributed by atoms with Crippen LogP contribution in [0, 0.1) is 31.6 Å². The Morgan fingerprint density at radius 1 is 0.949 bits per heavy atom. The van der Waals surface area contributed by atoms with E-state index >= 15 is 0 Å². The highest BCUT2D eigenvalue weighted by Crippen LogP contribution is 2.35. The Labute approximate surface area is 230 Å². The molecule has 9 heteroatoms. The lowest BCUT2D eigenvalue weighted by Gasteiger charge is -2.31. The molecular formula is C30H42F3N3O3. The molecular weight excluding hydrogens is 507 g/mol. The van der Waals surface area contributed by atoms with Crippen LogP contribution in [-0.4, -0.2) is 50.0 Å². The van der Waals surface area contributed by atoms with Gasteiger partial charge in [-0.2, -0.15) is 13.2 Å². The van der Waals surface area contributed by atoms with E-state index in [-0.39, 0.29) is 30.0 Å². The van der Waals surface area contributed by atoms with Crippen LogP contribution in [0.2, 0.25) is 0 Å². The van der Waals surface area contributed by atoms with Crippen molar-refractivity contribution in [2.24, 2.45) is 17.8 Å². The van der Waals surface area contributed by atoms with Crippen LogP contribution in [0.25, 0.3) is 0 Å². The van der Waals surface area contributed by atoms with Crippen LogP contribution >= 0.6 is 0 Å². The number of aryl methyl sites for hydroxylation is 2. The topological polar surface area (TPSA) is 61.9 Å². The molecule has 0 heterocycles. The Morgan fingerprint density at radius 2 is 1.54 bits per heavy atom. The zero-order chi connectivity index (χ0) is 29.7. The molecule has 2 aromatic carbocycles. The van der Waals surface area contributed by atoms with Crippen LogP contribution < -0.4 is 15.0 Å². The molecule has 0 fully saturated rings. The summed E-state index contributed by atoms with van der Waals surface area (Å²) in [6, 6.07) is 8.92. The molecule has 0 aliphatic heterocycles. The molecule has 2 aromatic rings. The van der Waals surface area contributed by atoms with Crippen LogP contribution in [-0.2, 0) is 15.8 Å². The zero-order valence-corrected chi connectivity index (χ0v) is 24.4. The second kappa shape index (κ2) is 13.3. The number of ether oxygens (including phenoxy) is 1. The number of para-hydroxylation sites is 1. The van der Waals surface area contributed by atoms with Gasteiger partial charge in [0, 0.05) is 43.5 Å². The summed E-state index contributed by atoms with van der Waals surface area (Å²) >= 11 is 0. The number of carbonyl (C=O) groups is 2. The Hall–Kier alpha value is -3.07. The third-order valence-corrected chi connectivity index (χ3v) is 6.49. The molecule has 0 saturated carbocycles. The fourth-order valence-electron chi connectivity index (χ4n) is 4.83. The Bertz CT molecular complexity index is 1130. The molecule has 1 N–H and O–H groups in total.